The van der Waals surface area contributed by atoms with E-state index in [0.717, 1.165) is 13.0 Å². The zero-order valence-electron chi connectivity index (χ0n) is 20.7. The molecule has 0 aliphatic carbocycles. The Bertz CT molecular complexity index is 1360. The van der Waals surface area contributed by atoms with Gasteiger partial charge in [-0.15, -0.1) is 5.10 Å². The number of aryl methyl sites for hydroxylation is 2. The van der Waals surface area contributed by atoms with E-state index in [0.29, 0.717) is 73.2 Å². The van der Waals surface area contributed by atoms with E-state index in [9.17, 15) is 13.2 Å². The van der Waals surface area contributed by atoms with Crippen molar-refractivity contribution in [1.29, 1.82) is 0 Å². The van der Waals surface area contributed by atoms with Gasteiger partial charge < -0.3 is 14.6 Å². The van der Waals surface area contributed by atoms with Crippen molar-refractivity contribution in [3.05, 3.63) is 40.1 Å². The Morgan fingerprint density at radius 1 is 1.14 bits per heavy atom. The third-order valence-corrected chi connectivity index (χ3v) is 7.65. The normalized spacial score (nSPS) is 15.5. The summed E-state index contributed by atoms with van der Waals surface area (Å²) in [7, 11) is -3.74. The molecule has 35 heavy (non-hydrogen) atoms. The van der Waals surface area contributed by atoms with E-state index in [-0.39, 0.29) is 11.4 Å². The second-order valence-corrected chi connectivity index (χ2v) is 10.2. The lowest BCUT2D eigenvalue weighted by molar-refractivity contribution is 0.197. The number of hydrogen-bond acceptors (Lipinski definition) is 7. The fourth-order valence-electron chi connectivity index (χ4n) is 4.30. The van der Waals surface area contributed by atoms with Crippen LogP contribution in [0.25, 0.3) is 16.9 Å². The van der Waals surface area contributed by atoms with Crippen molar-refractivity contribution in [2.45, 2.75) is 40.5 Å². The second-order valence-electron chi connectivity index (χ2n) is 8.51. The second kappa shape index (κ2) is 10.3. The molecule has 2 N–H and O–H groups in total. The summed E-state index contributed by atoms with van der Waals surface area (Å²) in [6.45, 7) is 11.3. The van der Waals surface area contributed by atoms with Gasteiger partial charge in [0.15, 0.2) is 11.3 Å². The molecule has 0 amide bonds. The van der Waals surface area contributed by atoms with Gasteiger partial charge in [0.05, 0.1) is 23.6 Å². The van der Waals surface area contributed by atoms with E-state index in [2.05, 4.69) is 31.6 Å². The summed E-state index contributed by atoms with van der Waals surface area (Å²) in [5, 5.41) is 4.66. The monoisotopic (exact) mass is 503 g/mol. The van der Waals surface area contributed by atoms with Gasteiger partial charge in [-0.05, 0) is 45.0 Å². The average Bonchev–Trinajstić information content (AvgIpc) is 3.15. The number of piperazine rings is 1. The van der Waals surface area contributed by atoms with Crippen LogP contribution in [-0.2, 0) is 16.6 Å². The molecule has 2 aromatic heterocycles. The smallest absolute Gasteiger partial charge is 0.301 e. The van der Waals surface area contributed by atoms with Gasteiger partial charge in [-0.2, -0.15) is 12.7 Å². The highest BCUT2D eigenvalue weighted by molar-refractivity contribution is 7.90. The first-order valence-electron chi connectivity index (χ1n) is 12.0. The minimum Gasteiger partial charge on any atom is -0.493 e. The molecule has 1 saturated heterocycles. The molecule has 11 nitrogen and oxygen atoms in total. The minimum atomic E-state index is -3.74. The van der Waals surface area contributed by atoms with Crippen LogP contribution in [0.3, 0.4) is 0 Å². The van der Waals surface area contributed by atoms with Gasteiger partial charge in [0.1, 0.15) is 11.6 Å². The van der Waals surface area contributed by atoms with Crippen molar-refractivity contribution in [2.75, 3.05) is 44.1 Å². The summed E-state index contributed by atoms with van der Waals surface area (Å²) in [5.74, 6) is 1.47. The Balaban J connectivity index is 1.72. The Morgan fingerprint density at radius 3 is 2.54 bits per heavy atom. The van der Waals surface area contributed by atoms with E-state index < -0.39 is 10.2 Å². The summed E-state index contributed by atoms with van der Waals surface area (Å²) in [6, 6.07) is 4.97. The fourth-order valence-corrected chi connectivity index (χ4v) is 5.50. The summed E-state index contributed by atoms with van der Waals surface area (Å²) in [5.41, 5.74) is 1.54. The number of anilines is 1. The Morgan fingerprint density at radius 2 is 1.89 bits per heavy atom. The molecule has 4 rings (SSSR count). The number of imidazole rings is 1. The minimum absolute atomic E-state index is 0.276. The lowest BCUT2D eigenvalue weighted by atomic mass is 10.1. The van der Waals surface area contributed by atoms with Crippen LogP contribution >= 0.6 is 0 Å². The summed E-state index contributed by atoms with van der Waals surface area (Å²) < 4.78 is 37.5. The molecule has 0 bridgehead atoms. The number of aromatic amines is 1. The first-order valence-corrected chi connectivity index (χ1v) is 13.5. The van der Waals surface area contributed by atoms with Crippen LogP contribution < -0.4 is 15.0 Å². The summed E-state index contributed by atoms with van der Waals surface area (Å²) in [4.78, 5) is 22.5. The quantitative estimate of drug-likeness (QED) is 0.458. The van der Waals surface area contributed by atoms with Crippen LogP contribution in [0, 0.1) is 6.92 Å². The highest BCUT2D eigenvalue weighted by Crippen LogP contribution is 2.31. The number of H-pyrrole nitrogens is 1. The van der Waals surface area contributed by atoms with Crippen molar-refractivity contribution in [1.82, 2.24) is 28.8 Å². The Labute approximate surface area is 205 Å². The highest BCUT2D eigenvalue weighted by atomic mass is 32.2. The molecule has 1 aromatic carbocycles. The standard InChI is InChI=1S/C23H33N7O4S/c1-5-8-20-24-16(4)21-23(31)25-22(26-30(20)21)18-15-17(9-10-19(18)34-7-3)27-35(32,33)29-13-11-28(6-2)12-14-29/h9-10,15,27H,5-8,11-14H2,1-4H3,(H,25,26,31). The lowest BCUT2D eigenvalue weighted by Gasteiger charge is -2.33. The van der Waals surface area contributed by atoms with E-state index in [1.165, 1.54) is 4.31 Å². The third kappa shape index (κ3) is 5.19. The predicted molar refractivity (Wildman–Crippen MR) is 135 cm³/mol. The van der Waals surface area contributed by atoms with Gasteiger partial charge in [-0.3, -0.25) is 9.52 Å². The van der Waals surface area contributed by atoms with Crippen LogP contribution in [0.5, 0.6) is 5.75 Å². The number of rotatable bonds is 9. The Kier molecular flexibility index (Phi) is 7.43. The van der Waals surface area contributed by atoms with Crippen LogP contribution in [0.1, 0.15) is 38.7 Å². The first kappa shape index (κ1) is 25.1. The number of hydrogen-bond donors (Lipinski definition) is 2. The van der Waals surface area contributed by atoms with Crippen molar-refractivity contribution in [3.8, 4) is 17.1 Å². The maximum absolute atomic E-state index is 13.0. The van der Waals surface area contributed by atoms with Crippen molar-refractivity contribution >= 4 is 21.4 Å². The van der Waals surface area contributed by atoms with Gasteiger partial charge in [0.25, 0.3) is 5.56 Å². The van der Waals surface area contributed by atoms with Gasteiger partial charge in [-0.1, -0.05) is 13.8 Å². The van der Waals surface area contributed by atoms with Gasteiger partial charge in [0, 0.05) is 32.6 Å². The van der Waals surface area contributed by atoms with Crippen LogP contribution in [-0.4, -0.2) is 76.5 Å². The number of aromatic nitrogens is 4. The number of nitrogens with one attached hydrogen (secondary N) is 2. The van der Waals surface area contributed by atoms with Gasteiger partial charge in [-0.25, -0.2) is 9.50 Å². The third-order valence-electron chi connectivity index (χ3n) is 6.12. The SMILES string of the molecule is CCCc1nc(C)c2c(=O)[nH]c(-c3cc(NS(=O)(=O)N4CCN(CC)CC4)ccc3OCC)nn12. The number of likely N-dealkylation sites (N-methyl/N-ethyl adjacent to an activating group) is 1. The molecule has 0 atom stereocenters. The van der Waals surface area contributed by atoms with Crippen LogP contribution in [0.2, 0.25) is 0 Å². The van der Waals surface area contributed by atoms with Crippen molar-refractivity contribution < 1.29 is 13.2 Å². The zero-order valence-corrected chi connectivity index (χ0v) is 21.5. The molecule has 1 aliphatic heterocycles. The molecule has 1 aliphatic rings. The predicted octanol–water partition coefficient (Wildman–Crippen LogP) is 2.04. The molecular weight excluding hydrogens is 470 g/mol. The fraction of sp³-hybridized carbons (Fsp3) is 0.522. The van der Waals surface area contributed by atoms with Crippen molar-refractivity contribution in [3.63, 3.8) is 0 Å². The zero-order chi connectivity index (χ0) is 25.2. The maximum atomic E-state index is 13.0. The highest BCUT2D eigenvalue weighted by Gasteiger charge is 2.27. The molecule has 1 fully saturated rings. The molecular formula is C23H33N7O4S. The van der Waals surface area contributed by atoms with E-state index in [1.807, 2.05) is 13.8 Å². The molecule has 3 aromatic rings. The molecule has 0 saturated carbocycles. The maximum Gasteiger partial charge on any atom is 0.301 e. The summed E-state index contributed by atoms with van der Waals surface area (Å²) in [6.07, 6.45) is 1.53. The van der Waals surface area contributed by atoms with E-state index in [1.54, 1.807) is 29.6 Å². The summed E-state index contributed by atoms with van der Waals surface area (Å²) >= 11 is 0. The number of ether oxygens (including phenoxy) is 1. The molecule has 3 heterocycles. The lowest BCUT2D eigenvalue weighted by Crippen LogP contribution is -2.50. The Hall–Kier alpha value is -2.96. The van der Waals surface area contributed by atoms with Gasteiger partial charge in [0.2, 0.25) is 0 Å². The van der Waals surface area contributed by atoms with Gasteiger partial charge >= 0.3 is 10.2 Å². The first-order chi connectivity index (χ1) is 16.8. The number of fused-ring (bicyclic) bond motifs is 1. The van der Waals surface area contributed by atoms with E-state index >= 15 is 0 Å². The average molecular weight is 504 g/mol. The number of nitrogens with zero attached hydrogens (tertiary/aromatic N) is 5. The van der Waals surface area contributed by atoms with Crippen LogP contribution in [0.15, 0.2) is 23.0 Å². The molecule has 0 spiro atoms. The van der Waals surface area contributed by atoms with E-state index in [4.69, 9.17) is 4.74 Å². The molecule has 190 valence electrons. The molecule has 0 unspecified atom stereocenters. The van der Waals surface area contributed by atoms with Crippen molar-refractivity contribution in [2.24, 2.45) is 0 Å². The molecule has 0 radical (unpaired) electrons. The van der Waals surface area contributed by atoms with Crippen LogP contribution in [0.4, 0.5) is 5.69 Å². The topological polar surface area (TPSA) is 125 Å². The molecule has 12 heteroatoms. The number of benzene rings is 1. The largest absolute Gasteiger partial charge is 0.493 e.